The number of hydrogen-bond donors (Lipinski definition) is 1. The number of halogens is 3. The Morgan fingerprint density at radius 1 is 1.39 bits per heavy atom. The fraction of sp³-hybridized carbons (Fsp3) is 0.417. The van der Waals surface area contributed by atoms with E-state index in [-0.39, 0.29) is 12.5 Å². The molecule has 0 aliphatic carbocycles. The third-order valence-corrected chi connectivity index (χ3v) is 2.97. The molecule has 1 aliphatic rings. The first-order valence-corrected chi connectivity index (χ1v) is 5.58. The minimum absolute atomic E-state index is 0.177. The molecule has 0 spiro atoms. The first kappa shape index (κ1) is 12.9. The van der Waals surface area contributed by atoms with E-state index >= 15 is 0 Å². The van der Waals surface area contributed by atoms with E-state index in [1.54, 1.807) is 6.07 Å². The Balaban J connectivity index is 2.13. The van der Waals surface area contributed by atoms with Crippen molar-refractivity contribution in [3.63, 3.8) is 0 Å². The highest BCUT2D eigenvalue weighted by molar-refractivity contribution is 5.83. The highest BCUT2D eigenvalue weighted by Crippen LogP contribution is 2.30. The van der Waals surface area contributed by atoms with Gasteiger partial charge in [-0.1, -0.05) is 12.1 Å². The van der Waals surface area contributed by atoms with E-state index in [0.717, 1.165) is 12.1 Å². The van der Waals surface area contributed by atoms with Gasteiger partial charge in [-0.25, -0.2) is 0 Å². The van der Waals surface area contributed by atoms with E-state index in [1.165, 1.54) is 11.0 Å². The topological polar surface area (TPSA) is 46.3 Å². The van der Waals surface area contributed by atoms with E-state index < -0.39 is 17.8 Å². The fourth-order valence-corrected chi connectivity index (χ4v) is 1.99. The average molecular weight is 258 g/mol. The summed E-state index contributed by atoms with van der Waals surface area (Å²) in [4.78, 5) is 13.1. The molecule has 1 amide bonds. The first-order chi connectivity index (χ1) is 8.38. The van der Waals surface area contributed by atoms with Gasteiger partial charge in [-0.2, -0.15) is 13.2 Å². The second kappa shape index (κ2) is 4.61. The number of nitrogens with zero attached hydrogens (tertiary/aromatic N) is 1. The summed E-state index contributed by atoms with van der Waals surface area (Å²) in [6.45, 7) is 0.673. The molecular formula is C12H13F3N2O. The lowest BCUT2D eigenvalue weighted by atomic mass is 10.1. The summed E-state index contributed by atoms with van der Waals surface area (Å²) < 4.78 is 37.6. The van der Waals surface area contributed by atoms with Crippen molar-refractivity contribution in [1.29, 1.82) is 0 Å². The minimum atomic E-state index is -4.36. The van der Waals surface area contributed by atoms with Crippen molar-refractivity contribution in [2.24, 2.45) is 5.73 Å². The van der Waals surface area contributed by atoms with Crippen LogP contribution in [0, 0.1) is 0 Å². The van der Waals surface area contributed by atoms with Gasteiger partial charge >= 0.3 is 6.18 Å². The number of alkyl halides is 3. The third kappa shape index (κ3) is 2.64. The van der Waals surface area contributed by atoms with E-state index in [9.17, 15) is 18.0 Å². The Kier molecular flexibility index (Phi) is 3.30. The summed E-state index contributed by atoms with van der Waals surface area (Å²) in [5, 5.41) is 0. The summed E-state index contributed by atoms with van der Waals surface area (Å²) in [5.74, 6) is -0.201. The van der Waals surface area contributed by atoms with Crippen LogP contribution in [0.25, 0.3) is 0 Å². The van der Waals surface area contributed by atoms with Crippen molar-refractivity contribution >= 4 is 5.91 Å². The average Bonchev–Trinajstić information content (AvgIpc) is 2.60. The molecule has 1 aromatic carbocycles. The highest BCUT2D eigenvalue weighted by Gasteiger charge is 2.31. The van der Waals surface area contributed by atoms with Gasteiger partial charge in [0.25, 0.3) is 0 Å². The molecule has 1 aliphatic heterocycles. The van der Waals surface area contributed by atoms with E-state index in [0.29, 0.717) is 18.5 Å². The molecule has 0 aromatic heterocycles. The van der Waals surface area contributed by atoms with Gasteiger partial charge in [-0.05, 0) is 24.1 Å². The highest BCUT2D eigenvalue weighted by atomic mass is 19.4. The van der Waals surface area contributed by atoms with Crippen molar-refractivity contribution in [1.82, 2.24) is 4.90 Å². The van der Waals surface area contributed by atoms with Crippen LogP contribution < -0.4 is 5.73 Å². The number of amides is 1. The van der Waals surface area contributed by atoms with Crippen LogP contribution in [0.15, 0.2) is 24.3 Å². The van der Waals surface area contributed by atoms with E-state index in [4.69, 9.17) is 5.73 Å². The zero-order chi connectivity index (χ0) is 13.3. The molecule has 18 heavy (non-hydrogen) atoms. The molecule has 0 saturated carbocycles. The molecule has 6 heteroatoms. The van der Waals surface area contributed by atoms with Gasteiger partial charge in [0.2, 0.25) is 5.91 Å². The van der Waals surface area contributed by atoms with Crippen LogP contribution in [0.5, 0.6) is 0 Å². The molecule has 1 saturated heterocycles. The summed E-state index contributed by atoms with van der Waals surface area (Å²) in [5.41, 5.74) is 5.32. The first-order valence-electron chi connectivity index (χ1n) is 5.58. The van der Waals surface area contributed by atoms with Gasteiger partial charge in [0.1, 0.15) is 0 Å². The largest absolute Gasteiger partial charge is 0.416 e. The molecule has 1 atom stereocenters. The Morgan fingerprint density at radius 3 is 2.67 bits per heavy atom. The minimum Gasteiger partial charge on any atom is -0.337 e. The molecule has 3 nitrogen and oxygen atoms in total. The number of hydrogen-bond acceptors (Lipinski definition) is 2. The van der Waals surface area contributed by atoms with Crippen molar-refractivity contribution in [2.45, 2.75) is 25.2 Å². The smallest absolute Gasteiger partial charge is 0.337 e. The molecule has 2 rings (SSSR count). The molecular weight excluding hydrogens is 245 g/mol. The quantitative estimate of drug-likeness (QED) is 0.878. The van der Waals surface area contributed by atoms with Gasteiger partial charge < -0.3 is 10.6 Å². The Morgan fingerprint density at radius 2 is 2.11 bits per heavy atom. The van der Waals surface area contributed by atoms with Crippen LogP contribution in [-0.2, 0) is 17.5 Å². The molecule has 1 fully saturated rings. The van der Waals surface area contributed by atoms with Crippen LogP contribution in [-0.4, -0.2) is 23.4 Å². The SMILES string of the molecule is NC1CCN(Cc2cccc(C(F)(F)F)c2)C1=O. The summed E-state index contributed by atoms with van der Waals surface area (Å²) in [6, 6.07) is 4.49. The third-order valence-electron chi connectivity index (χ3n) is 2.97. The lowest BCUT2D eigenvalue weighted by Crippen LogP contribution is -2.33. The number of rotatable bonds is 2. The van der Waals surface area contributed by atoms with Crippen molar-refractivity contribution in [3.8, 4) is 0 Å². The van der Waals surface area contributed by atoms with Crippen LogP contribution in [0.2, 0.25) is 0 Å². The van der Waals surface area contributed by atoms with Gasteiger partial charge in [0.15, 0.2) is 0 Å². The maximum Gasteiger partial charge on any atom is 0.416 e. The molecule has 1 unspecified atom stereocenters. The zero-order valence-electron chi connectivity index (χ0n) is 9.57. The Hall–Kier alpha value is -1.56. The second-order valence-electron chi connectivity index (χ2n) is 4.35. The molecule has 2 N–H and O–H groups in total. The van der Waals surface area contributed by atoms with Gasteiger partial charge in [0.05, 0.1) is 11.6 Å². The molecule has 0 radical (unpaired) electrons. The van der Waals surface area contributed by atoms with E-state index in [2.05, 4.69) is 0 Å². The summed E-state index contributed by atoms with van der Waals surface area (Å²) in [7, 11) is 0. The lowest BCUT2D eigenvalue weighted by Gasteiger charge is -2.17. The van der Waals surface area contributed by atoms with Crippen molar-refractivity contribution in [3.05, 3.63) is 35.4 Å². The van der Waals surface area contributed by atoms with E-state index in [1.807, 2.05) is 0 Å². The van der Waals surface area contributed by atoms with Gasteiger partial charge in [-0.15, -0.1) is 0 Å². The van der Waals surface area contributed by atoms with Crippen molar-refractivity contribution in [2.75, 3.05) is 6.54 Å². The maximum atomic E-state index is 12.5. The summed E-state index contributed by atoms with van der Waals surface area (Å²) in [6.07, 6.45) is -3.81. The molecule has 98 valence electrons. The van der Waals surface area contributed by atoms with Crippen molar-refractivity contribution < 1.29 is 18.0 Å². The molecule has 1 heterocycles. The maximum absolute atomic E-state index is 12.5. The number of benzene rings is 1. The summed E-state index contributed by atoms with van der Waals surface area (Å²) >= 11 is 0. The fourth-order valence-electron chi connectivity index (χ4n) is 1.99. The van der Waals surface area contributed by atoms with Gasteiger partial charge in [0, 0.05) is 13.1 Å². The van der Waals surface area contributed by atoms with Crippen LogP contribution in [0.1, 0.15) is 17.5 Å². The number of nitrogens with two attached hydrogens (primary N) is 1. The standard InChI is InChI=1S/C12H13F3N2O/c13-12(14,15)9-3-1-2-8(6-9)7-17-5-4-10(16)11(17)18/h1-3,6,10H,4-5,7,16H2. The predicted molar refractivity (Wildman–Crippen MR) is 59.5 cm³/mol. The number of likely N-dealkylation sites (tertiary alicyclic amines) is 1. The number of carbonyl (C=O) groups excluding carboxylic acids is 1. The van der Waals surface area contributed by atoms with Crippen LogP contribution in [0.3, 0.4) is 0 Å². The second-order valence-corrected chi connectivity index (χ2v) is 4.35. The molecule has 1 aromatic rings. The monoisotopic (exact) mass is 258 g/mol. The molecule has 0 bridgehead atoms. The van der Waals surface area contributed by atoms with Crippen LogP contribution >= 0.6 is 0 Å². The lowest BCUT2D eigenvalue weighted by molar-refractivity contribution is -0.137. The Bertz CT molecular complexity index is 459. The normalized spacial score (nSPS) is 20.6. The number of carbonyl (C=O) groups is 1. The zero-order valence-corrected chi connectivity index (χ0v) is 9.57. The van der Waals surface area contributed by atoms with Crippen LogP contribution in [0.4, 0.5) is 13.2 Å². The predicted octanol–water partition coefficient (Wildman–Crippen LogP) is 1.76. The van der Waals surface area contributed by atoms with Gasteiger partial charge in [-0.3, -0.25) is 4.79 Å². The Labute approximate surface area is 102 Å².